The van der Waals surface area contributed by atoms with Crippen LogP contribution in [0.4, 0.5) is 9.18 Å². The molecule has 1 aliphatic heterocycles. The predicted octanol–water partition coefficient (Wildman–Crippen LogP) is 3.55. The van der Waals surface area contributed by atoms with Crippen molar-refractivity contribution >= 4 is 17.6 Å². The molecule has 1 aliphatic rings. The molecule has 1 fully saturated rings. The van der Waals surface area contributed by atoms with Gasteiger partial charge in [-0.15, -0.1) is 0 Å². The van der Waals surface area contributed by atoms with E-state index in [1.807, 2.05) is 18.2 Å². The first-order chi connectivity index (χ1) is 12.6. The Morgan fingerprint density at radius 1 is 1.08 bits per heavy atom. The molecular formula is C20H23ClFN3O. The van der Waals surface area contributed by atoms with Crippen LogP contribution in [0.1, 0.15) is 11.1 Å². The summed E-state index contributed by atoms with van der Waals surface area (Å²) in [6.45, 7) is 4.20. The van der Waals surface area contributed by atoms with Crippen molar-refractivity contribution in [3.8, 4) is 0 Å². The number of urea groups is 1. The molecule has 0 spiro atoms. The standard InChI is InChI=1S/C20H23ClFN3O/c21-18-6-3-4-16(14-18)8-9-24-10-12-25(13-11-24)20(26)23-15-17-5-1-2-7-19(17)22/h1-7,14H,8-13,15H2,(H,23,26). The number of carbonyl (C=O) groups is 1. The second kappa shape index (κ2) is 9.01. The molecule has 0 saturated carbocycles. The SMILES string of the molecule is O=C(NCc1ccccc1F)N1CCN(CCc2cccc(Cl)c2)CC1. The molecule has 3 rings (SSSR count). The quantitative estimate of drug-likeness (QED) is 0.867. The number of carbonyl (C=O) groups excluding carboxylic acids is 1. The average Bonchev–Trinajstić information content (AvgIpc) is 2.66. The van der Waals surface area contributed by atoms with Gasteiger partial charge < -0.3 is 10.2 Å². The molecule has 1 N–H and O–H groups in total. The highest BCUT2D eigenvalue weighted by Gasteiger charge is 2.20. The summed E-state index contributed by atoms with van der Waals surface area (Å²) < 4.78 is 13.6. The van der Waals surface area contributed by atoms with Crippen molar-refractivity contribution in [3.63, 3.8) is 0 Å². The molecule has 0 atom stereocenters. The number of piperazine rings is 1. The van der Waals surface area contributed by atoms with E-state index in [9.17, 15) is 9.18 Å². The van der Waals surface area contributed by atoms with Gasteiger partial charge in [-0.05, 0) is 30.2 Å². The van der Waals surface area contributed by atoms with Gasteiger partial charge in [-0.1, -0.05) is 41.9 Å². The van der Waals surface area contributed by atoms with Crippen LogP contribution in [0.2, 0.25) is 5.02 Å². The molecule has 1 heterocycles. The second-order valence-corrected chi connectivity index (χ2v) is 6.90. The molecule has 2 amide bonds. The summed E-state index contributed by atoms with van der Waals surface area (Å²) in [6.07, 6.45) is 0.944. The minimum absolute atomic E-state index is 0.136. The van der Waals surface area contributed by atoms with E-state index < -0.39 is 0 Å². The molecule has 1 saturated heterocycles. The Kier molecular flexibility index (Phi) is 6.47. The van der Waals surface area contributed by atoms with Gasteiger partial charge in [0, 0.05) is 49.9 Å². The summed E-state index contributed by atoms with van der Waals surface area (Å²) in [6, 6.07) is 14.3. The van der Waals surface area contributed by atoms with Gasteiger partial charge in [-0.2, -0.15) is 0 Å². The third kappa shape index (κ3) is 5.19. The van der Waals surface area contributed by atoms with Gasteiger partial charge in [-0.25, -0.2) is 9.18 Å². The van der Waals surface area contributed by atoms with Crippen LogP contribution in [0.3, 0.4) is 0 Å². The van der Waals surface area contributed by atoms with Gasteiger partial charge in [0.2, 0.25) is 0 Å². The van der Waals surface area contributed by atoms with Crippen LogP contribution in [0.15, 0.2) is 48.5 Å². The van der Waals surface area contributed by atoms with Crippen LogP contribution in [0.25, 0.3) is 0 Å². The van der Waals surface area contributed by atoms with Crippen molar-refractivity contribution in [3.05, 3.63) is 70.5 Å². The van der Waals surface area contributed by atoms with Crippen molar-refractivity contribution in [2.45, 2.75) is 13.0 Å². The number of amides is 2. The minimum Gasteiger partial charge on any atom is -0.334 e. The minimum atomic E-state index is -0.293. The molecule has 0 aliphatic carbocycles. The lowest BCUT2D eigenvalue weighted by atomic mass is 10.1. The van der Waals surface area contributed by atoms with Gasteiger partial charge in [0.25, 0.3) is 0 Å². The van der Waals surface area contributed by atoms with Gasteiger partial charge in [0.1, 0.15) is 5.82 Å². The van der Waals surface area contributed by atoms with Crippen molar-refractivity contribution in [1.29, 1.82) is 0 Å². The van der Waals surface area contributed by atoms with Crippen LogP contribution < -0.4 is 5.32 Å². The zero-order valence-electron chi connectivity index (χ0n) is 14.6. The lowest BCUT2D eigenvalue weighted by Gasteiger charge is -2.34. The first kappa shape index (κ1) is 18.7. The zero-order chi connectivity index (χ0) is 18.4. The number of hydrogen-bond donors (Lipinski definition) is 1. The summed E-state index contributed by atoms with van der Waals surface area (Å²) in [5.74, 6) is -0.293. The average molecular weight is 376 g/mol. The van der Waals surface area contributed by atoms with Gasteiger partial charge in [-0.3, -0.25) is 4.90 Å². The Morgan fingerprint density at radius 2 is 1.85 bits per heavy atom. The molecule has 138 valence electrons. The number of nitrogens with one attached hydrogen (secondary N) is 1. The number of hydrogen-bond acceptors (Lipinski definition) is 2. The molecule has 2 aromatic carbocycles. The van der Waals surface area contributed by atoms with Gasteiger partial charge in [0.15, 0.2) is 0 Å². The summed E-state index contributed by atoms with van der Waals surface area (Å²) >= 11 is 6.02. The summed E-state index contributed by atoms with van der Waals surface area (Å²) in [5, 5.41) is 3.57. The van der Waals surface area contributed by atoms with Gasteiger partial charge in [0.05, 0.1) is 0 Å². The Morgan fingerprint density at radius 3 is 2.58 bits per heavy atom. The number of rotatable bonds is 5. The predicted molar refractivity (Wildman–Crippen MR) is 102 cm³/mol. The monoisotopic (exact) mass is 375 g/mol. The van der Waals surface area contributed by atoms with Crippen LogP contribution in [0.5, 0.6) is 0 Å². The summed E-state index contributed by atoms with van der Waals surface area (Å²) in [5.41, 5.74) is 1.73. The number of nitrogens with zero attached hydrogens (tertiary/aromatic N) is 2. The Labute approximate surface area is 158 Å². The van der Waals surface area contributed by atoms with E-state index in [0.29, 0.717) is 18.7 Å². The van der Waals surface area contributed by atoms with Crippen LogP contribution >= 0.6 is 11.6 Å². The molecule has 0 unspecified atom stereocenters. The van der Waals surface area contributed by atoms with E-state index in [1.54, 1.807) is 23.1 Å². The number of halogens is 2. The molecule has 0 aromatic heterocycles. The van der Waals surface area contributed by atoms with E-state index >= 15 is 0 Å². The van der Waals surface area contributed by atoms with Crippen LogP contribution in [0, 0.1) is 5.82 Å². The van der Waals surface area contributed by atoms with E-state index in [2.05, 4.69) is 16.3 Å². The van der Waals surface area contributed by atoms with Crippen molar-refractivity contribution in [2.24, 2.45) is 0 Å². The molecular weight excluding hydrogens is 353 g/mol. The smallest absolute Gasteiger partial charge is 0.317 e. The molecule has 0 radical (unpaired) electrons. The highest BCUT2D eigenvalue weighted by molar-refractivity contribution is 6.30. The molecule has 26 heavy (non-hydrogen) atoms. The first-order valence-corrected chi connectivity index (χ1v) is 9.22. The van der Waals surface area contributed by atoms with Gasteiger partial charge >= 0.3 is 6.03 Å². The maximum absolute atomic E-state index is 13.6. The largest absolute Gasteiger partial charge is 0.334 e. The van der Waals surface area contributed by atoms with Crippen LogP contribution in [-0.4, -0.2) is 48.6 Å². The highest BCUT2D eigenvalue weighted by Crippen LogP contribution is 2.12. The lowest BCUT2D eigenvalue weighted by Crippen LogP contribution is -2.51. The fourth-order valence-corrected chi connectivity index (χ4v) is 3.29. The lowest BCUT2D eigenvalue weighted by molar-refractivity contribution is 0.140. The Balaban J connectivity index is 1.40. The van der Waals surface area contributed by atoms with Crippen molar-refractivity contribution in [2.75, 3.05) is 32.7 Å². The fraction of sp³-hybridized carbons (Fsp3) is 0.350. The number of benzene rings is 2. The summed E-state index contributed by atoms with van der Waals surface area (Å²) in [7, 11) is 0. The van der Waals surface area contributed by atoms with Crippen molar-refractivity contribution in [1.82, 2.24) is 15.1 Å². The third-order valence-electron chi connectivity index (χ3n) is 4.65. The Bertz CT molecular complexity index is 747. The molecule has 4 nitrogen and oxygen atoms in total. The second-order valence-electron chi connectivity index (χ2n) is 6.46. The highest BCUT2D eigenvalue weighted by atomic mass is 35.5. The zero-order valence-corrected chi connectivity index (χ0v) is 15.4. The van der Waals surface area contributed by atoms with Crippen molar-refractivity contribution < 1.29 is 9.18 Å². The topological polar surface area (TPSA) is 35.6 Å². The van der Waals surface area contributed by atoms with Crippen LogP contribution in [-0.2, 0) is 13.0 Å². The Hall–Kier alpha value is -2.11. The first-order valence-electron chi connectivity index (χ1n) is 8.85. The van der Waals surface area contributed by atoms with E-state index in [-0.39, 0.29) is 18.4 Å². The molecule has 0 bridgehead atoms. The maximum Gasteiger partial charge on any atom is 0.317 e. The van der Waals surface area contributed by atoms with E-state index in [0.717, 1.165) is 31.1 Å². The molecule has 2 aromatic rings. The van der Waals surface area contributed by atoms with E-state index in [1.165, 1.54) is 11.6 Å². The fourth-order valence-electron chi connectivity index (χ4n) is 3.08. The van der Waals surface area contributed by atoms with E-state index in [4.69, 9.17) is 11.6 Å². The maximum atomic E-state index is 13.6. The normalized spacial score (nSPS) is 15.1. The summed E-state index contributed by atoms with van der Waals surface area (Å²) in [4.78, 5) is 16.4. The molecule has 6 heteroatoms. The third-order valence-corrected chi connectivity index (χ3v) is 4.89.